The molecule has 0 radical (unpaired) electrons. The second kappa shape index (κ2) is 7.89. The van der Waals surface area contributed by atoms with Gasteiger partial charge in [-0.05, 0) is 55.0 Å². The second-order valence-corrected chi connectivity index (χ2v) is 6.64. The summed E-state index contributed by atoms with van der Waals surface area (Å²) in [5, 5.41) is 14.9. The lowest BCUT2D eigenvalue weighted by Crippen LogP contribution is -2.24. The Morgan fingerprint density at radius 1 is 1.10 bits per heavy atom. The van der Waals surface area contributed by atoms with Crippen LogP contribution >= 0.6 is 0 Å². The zero-order valence-electron chi connectivity index (χ0n) is 15.8. The molecule has 0 aliphatic rings. The van der Waals surface area contributed by atoms with Crippen LogP contribution in [0.15, 0.2) is 71.8 Å². The van der Waals surface area contributed by atoms with E-state index < -0.39 is 6.10 Å². The molecule has 2 heterocycles. The molecule has 0 amide bonds. The lowest BCUT2D eigenvalue weighted by atomic mass is 10.1. The number of nitrogens with zero attached hydrogens (tertiary/aromatic N) is 3. The third kappa shape index (κ3) is 3.90. The molecular weight excluding hydrogens is 373 g/mol. The van der Waals surface area contributed by atoms with Gasteiger partial charge in [-0.15, -0.1) is 0 Å². The van der Waals surface area contributed by atoms with Crippen LogP contribution in [0, 0.1) is 5.82 Å². The molecule has 29 heavy (non-hydrogen) atoms. The Morgan fingerprint density at radius 3 is 2.52 bits per heavy atom. The van der Waals surface area contributed by atoms with Crippen molar-refractivity contribution in [1.82, 2.24) is 14.2 Å². The van der Waals surface area contributed by atoms with Gasteiger partial charge in [0.05, 0.1) is 24.9 Å². The predicted octanol–water partition coefficient (Wildman–Crippen LogP) is 3.43. The number of aliphatic hydroxyl groups excluding tert-OH is 1. The molecule has 6 nitrogen and oxygen atoms in total. The largest absolute Gasteiger partial charge is 0.494 e. The van der Waals surface area contributed by atoms with Crippen LogP contribution in [0.3, 0.4) is 0 Å². The summed E-state index contributed by atoms with van der Waals surface area (Å²) in [4.78, 5) is 12.8. The highest BCUT2D eigenvalue weighted by Gasteiger charge is 2.13. The first-order chi connectivity index (χ1) is 14.0. The first-order valence-corrected chi connectivity index (χ1v) is 9.30. The number of aromatic nitrogens is 3. The first kappa shape index (κ1) is 18.9. The molecule has 0 bridgehead atoms. The van der Waals surface area contributed by atoms with Gasteiger partial charge in [-0.1, -0.05) is 12.1 Å². The van der Waals surface area contributed by atoms with E-state index in [2.05, 4.69) is 5.10 Å². The predicted molar refractivity (Wildman–Crippen MR) is 107 cm³/mol. The molecule has 0 fully saturated rings. The third-order valence-corrected chi connectivity index (χ3v) is 4.69. The molecule has 148 valence electrons. The van der Waals surface area contributed by atoms with Gasteiger partial charge in [0, 0.05) is 18.0 Å². The molecule has 0 spiro atoms. The summed E-state index contributed by atoms with van der Waals surface area (Å²) in [6.07, 6.45) is 2.33. The van der Waals surface area contributed by atoms with Gasteiger partial charge in [0.15, 0.2) is 0 Å². The molecule has 4 aromatic rings. The van der Waals surface area contributed by atoms with Gasteiger partial charge < -0.3 is 14.4 Å². The zero-order chi connectivity index (χ0) is 20.4. The van der Waals surface area contributed by atoms with Crippen LogP contribution in [0.5, 0.6) is 5.75 Å². The highest BCUT2D eigenvalue weighted by atomic mass is 19.1. The standard InChI is InChI=1S/C22H20FN3O3/c1-2-29-18-9-5-15(6-10-18)19-13-20-22(28)25(11-12-26(20)24-19)14-21(27)16-3-7-17(23)8-4-16/h3-13,21,27H,2,14H2,1H3/t21-/m0/s1. The Bertz CT molecular complexity index is 1180. The second-order valence-electron chi connectivity index (χ2n) is 6.64. The zero-order valence-corrected chi connectivity index (χ0v) is 15.8. The number of hydrogen-bond donors (Lipinski definition) is 1. The summed E-state index contributed by atoms with van der Waals surface area (Å²) in [5.41, 5.74) is 2.22. The van der Waals surface area contributed by atoms with Crippen molar-refractivity contribution >= 4 is 5.52 Å². The van der Waals surface area contributed by atoms with Crippen LogP contribution in [0.4, 0.5) is 4.39 Å². The highest BCUT2D eigenvalue weighted by Crippen LogP contribution is 2.22. The molecule has 1 atom stereocenters. The van der Waals surface area contributed by atoms with E-state index in [-0.39, 0.29) is 17.9 Å². The first-order valence-electron chi connectivity index (χ1n) is 9.30. The quantitative estimate of drug-likeness (QED) is 0.545. The summed E-state index contributed by atoms with van der Waals surface area (Å²) in [5.74, 6) is 0.401. The van der Waals surface area contributed by atoms with Gasteiger partial charge >= 0.3 is 0 Å². The Balaban J connectivity index is 1.62. The van der Waals surface area contributed by atoms with E-state index >= 15 is 0 Å². The molecular formula is C22H20FN3O3. The van der Waals surface area contributed by atoms with Gasteiger partial charge in [0.1, 0.15) is 17.1 Å². The SMILES string of the molecule is CCOc1ccc(-c2cc3c(=O)n(C[C@H](O)c4ccc(F)cc4)ccn3n2)cc1. The molecule has 7 heteroatoms. The summed E-state index contributed by atoms with van der Waals surface area (Å²) < 4.78 is 21.5. The molecule has 0 saturated heterocycles. The van der Waals surface area contributed by atoms with Crippen LogP contribution in [0.25, 0.3) is 16.8 Å². The normalized spacial score (nSPS) is 12.2. The van der Waals surface area contributed by atoms with Crippen molar-refractivity contribution in [2.24, 2.45) is 0 Å². The highest BCUT2D eigenvalue weighted by molar-refractivity contribution is 5.66. The van der Waals surface area contributed by atoms with Gasteiger partial charge in [0.25, 0.3) is 5.56 Å². The Kier molecular flexibility index (Phi) is 5.14. The van der Waals surface area contributed by atoms with Crippen molar-refractivity contribution in [3.05, 3.63) is 88.7 Å². The molecule has 0 aliphatic carbocycles. The van der Waals surface area contributed by atoms with E-state index in [1.54, 1.807) is 18.5 Å². The fraction of sp³-hybridized carbons (Fsp3) is 0.182. The minimum absolute atomic E-state index is 0.0601. The Morgan fingerprint density at radius 2 is 1.83 bits per heavy atom. The smallest absolute Gasteiger partial charge is 0.276 e. The van der Waals surface area contributed by atoms with Crippen molar-refractivity contribution in [1.29, 1.82) is 0 Å². The minimum atomic E-state index is -0.927. The van der Waals surface area contributed by atoms with Crippen molar-refractivity contribution in [2.75, 3.05) is 6.61 Å². The number of ether oxygens (including phenoxy) is 1. The van der Waals surface area contributed by atoms with E-state index in [4.69, 9.17) is 4.74 Å². The van der Waals surface area contributed by atoms with E-state index in [1.165, 1.54) is 33.3 Å². The molecule has 0 unspecified atom stereocenters. The topological polar surface area (TPSA) is 68.8 Å². The average Bonchev–Trinajstić information content (AvgIpc) is 3.16. The van der Waals surface area contributed by atoms with Crippen LogP contribution < -0.4 is 10.3 Å². The van der Waals surface area contributed by atoms with Crippen molar-refractivity contribution in [3.8, 4) is 17.0 Å². The fourth-order valence-corrected chi connectivity index (χ4v) is 3.18. The maximum absolute atomic E-state index is 13.1. The number of benzene rings is 2. The molecule has 0 saturated carbocycles. The molecule has 4 rings (SSSR count). The summed E-state index contributed by atoms with van der Waals surface area (Å²) in [7, 11) is 0. The van der Waals surface area contributed by atoms with Crippen molar-refractivity contribution < 1.29 is 14.2 Å². The van der Waals surface area contributed by atoms with Gasteiger partial charge in [0.2, 0.25) is 0 Å². The summed E-state index contributed by atoms with van der Waals surface area (Å²) >= 11 is 0. The van der Waals surface area contributed by atoms with Crippen LogP contribution in [0.1, 0.15) is 18.6 Å². The Labute approximate surface area is 166 Å². The molecule has 2 aromatic heterocycles. The monoisotopic (exact) mass is 393 g/mol. The summed E-state index contributed by atoms with van der Waals surface area (Å²) in [6.45, 7) is 2.58. The lowest BCUT2D eigenvalue weighted by molar-refractivity contribution is 0.155. The fourth-order valence-electron chi connectivity index (χ4n) is 3.18. The maximum atomic E-state index is 13.1. The van der Waals surface area contributed by atoms with E-state index in [0.717, 1.165) is 11.3 Å². The Hall–Kier alpha value is -3.45. The number of rotatable bonds is 6. The average molecular weight is 393 g/mol. The van der Waals surface area contributed by atoms with Crippen molar-refractivity contribution in [3.63, 3.8) is 0 Å². The van der Waals surface area contributed by atoms with Crippen LogP contribution in [-0.2, 0) is 6.54 Å². The van der Waals surface area contributed by atoms with Gasteiger partial charge in [-0.2, -0.15) is 5.10 Å². The molecule has 1 N–H and O–H groups in total. The van der Waals surface area contributed by atoms with E-state index in [0.29, 0.717) is 23.4 Å². The van der Waals surface area contributed by atoms with Crippen LogP contribution in [0.2, 0.25) is 0 Å². The number of hydrogen-bond acceptors (Lipinski definition) is 4. The number of fused-ring (bicyclic) bond motifs is 1. The van der Waals surface area contributed by atoms with Gasteiger partial charge in [-0.25, -0.2) is 8.91 Å². The minimum Gasteiger partial charge on any atom is -0.494 e. The van der Waals surface area contributed by atoms with E-state index in [9.17, 15) is 14.3 Å². The number of halogens is 1. The number of aliphatic hydroxyl groups is 1. The maximum Gasteiger partial charge on any atom is 0.276 e. The van der Waals surface area contributed by atoms with E-state index in [1.807, 2.05) is 31.2 Å². The third-order valence-electron chi connectivity index (χ3n) is 4.69. The summed E-state index contributed by atoms with van der Waals surface area (Å²) in [6, 6.07) is 14.8. The van der Waals surface area contributed by atoms with Crippen LogP contribution in [-0.4, -0.2) is 25.9 Å². The van der Waals surface area contributed by atoms with Crippen molar-refractivity contribution in [2.45, 2.75) is 19.6 Å². The molecule has 2 aromatic carbocycles. The molecule has 0 aliphatic heterocycles. The van der Waals surface area contributed by atoms with Gasteiger partial charge in [-0.3, -0.25) is 4.79 Å². The lowest BCUT2D eigenvalue weighted by Gasteiger charge is -2.13.